The number of esters is 1. The summed E-state index contributed by atoms with van der Waals surface area (Å²) in [6, 6.07) is 7.01. The summed E-state index contributed by atoms with van der Waals surface area (Å²) in [5, 5.41) is 10.6. The van der Waals surface area contributed by atoms with Gasteiger partial charge >= 0.3 is 5.97 Å². The molecule has 1 aromatic carbocycles. The molecular formula is C20H25N2O3S+. The summed E-state index contributed by atoms with van der Waals surface area (Å²) in [7, 11) is 2.15. The van der Waals surface area contributed by atoms with Crippen LogP contribution in [0.25, 0.3) is 0 Å². The lowest BCUT2D eigenvalue weighted by Crippen LogP contribution is -3.08. The minimum atomic E-state index is -0.554. The van der Waals surface area contributed by atoms with Crippen molar-refractivity contribution in [3.63, 3.8) is 0 Å². The van der Waals surface area contributed by atoms with E-state index in [0.717, 1.165) is 25.1 Å². The SMILES string of the molecule is C[NH+]1CCc2c(sc(/N=C/c3ccccc3O)c2C(=O)OC(C)(C)C)C1. The molecule has 3 rings (SSSR count). The fourth-order valence-electron chi connectivity index (χ4n) is 2.96. The normalized spacial score (nSPS) is 17.3. The maximum absolute atomic E-state index is 12.8. The van der Waals surface area contributed by atoms with Gasteiger partial charge in [0, 0.05) is 18.2 Å². The summed E-state index contributed by atoms with van der Waals surface area (Å²) in [5.74, 6) is -0.153. The summed E-state index contributed by atoms with van der Waals surface area (Å²) < 4.78 is 5.63. The fourth-order valence-corrected chi connectivity index (χ4v) is 4.25. The van der Waals surface area contributed by atoms with Crippen molar-refractivity contribution < 1.29 is 19.5 Å². The van der Waals surface area contributed by atoms with E-state index in [2.05, 4.69) is 12.0 Å². The molecule has 1 aliphatic rings. The van der Waals surface area contributed by atoms with Crippen LogP contribution in [0.1, 0.15) is 47.1 Å². The van der Waals surface area contributed by atoms with Crippen LogP contribution in [0.3, 0.4) is 0 Å². The van der Waals surface area contributed by atoms with Crippen LogP contribution >= 0.6 is 11.3 Å². The van der Waals surface area contributed by atoms with Crippen LogP contribution in [-0.2, 0) is 17.7 Å². The molecule has 1 unspecified atom stereocenters. The average Bonchev–Trinajstić information content (AvgIpc) is 2.90. The minimum absolute atomic E-state index is 0.167. The molecule has 0 saturated carbocycles. The number of quaternary nitrogens is 1. The molecule has 0 bridgehead atoms. The number of rotatable bonds is 3. The Balaban J connectivity index is 2.01. The van der Waals surface area contributed by atoms with Crippen LogP contribution in [0.5, 0.6) is 5.75 Å². The second kappa shape index (κ2) is 7.21. The van der Waals surface area contributed by atoms with Crippen molar-refractivity contribution in [1.29, 1.82) is 0 Å². The van der Waals surface area contributed by atoms with Crippen LogP contribution in [0.4, 0.5) is 5.00 Å². The van der Waals surface area contributed by atoms with Gasteiger partial charge in [0.05, 0.1) is 18.5 Å². The molecule has 0 amide bonds. The predicted molar refractivity (Wildman–Crippen MR) is 104 cm³/mol. The maximum atomic E-state index is 12.8. The van der Waals surface area contributed by atoms with Crippen molar-refractivity contribution in [2.45, 2.75) is 39.3 Å². The summed E-state index contributed by atoms with van der Waals surface area (Å²) in [6.45, 7) is 7.48. The van der Waals surface area contributed by atoms with Gasteiger partial charge in [-0.2, -0.15) is 0 Å². The van der Waals surface area contributed by atoms with E-state index < -0.39 is 5.60 Å². The Morgan fingerprint density at radius 2 is 2.08 bits per heavy atom. The van der Waals surface area contributed by atoms with Gasteiger partial charge in [-0.1, -0.05) is 12.1 Å². The third-order valence-electron chi connectivity index (χ3n) is 4.20. The molecule has 0 radical (unpaired) electrons. The third-order valence-corrected chi connectivity index (χ3v) is 5.34. The van der Waals surface area contributed by atoms with E-state index in [1.807, 2.05) is 26.8 Å². The van der Waals surface area contributed by atoms with E-state index in [0.29, 0.717) is 16.1 Å². The molecule has 138 valence electrons. The second-order valence-electron chi connectivity index (χ2n) is 7.64. The van der Waals surface area contributed by atoms with E-state index in [1.54, 1.807) is 35.8 Å². The third kappa shape index (κ3) is 4.14. The van der Waals surface area contributed by atoms with E-state index in [4.69, 9.17) is 4.74 Å². The largest absolute Gasteiger partial charge is 0.507 e. The molecule has 6 heteroatoms. The van der Waals surface area contributed by atoms with Gasteiger partial charge < -0.3 is 14.7 Å². The highest BCUT2D eigenvalue weighted by Gasteiger charge is 2.31. The number of ether oxygens (including phenoxy) is 1. The quantitative estimate of drug-likeness (QED) is 0.642. The highest BCUT2D eigenvalue weighted by molar-refractivity contribution is 7.16. The Morgan fingerprint density at radius 1 is 1.35 bits per heavy atom. The van der Waals surface area contributed by atoms with Crippen LogP contribution in [0.2, 0.25) is 0 Å². The summed E-state index contributed by atoms with van der Waals surface area (Å²) >= 11 is 1.54. The molecule has 1 aliphatic heterocycles. The number of aliphatic imine (C=N–C) groups is 1. The number of thiophene rings is 1. The van der Waals surface area contributed by atoms with Gasteiger partial charge in [-0.25, -0.2) is 9.79 Å². The fraction of sp³-hybridized carbons (Fsp3) is 0.400. The van der Waals surface area contributed by atoms with Gasteiger partial charge in [0.1, 0.15) is 28.5 Å². The number of fused-ring (bicyclic) bond motifs is 1. The number of benzene rings is 1. The van der Waals surface area contributed by atoms with Gasteiger partial charge in [0.25, 0.3) is 0 Å². The second-order valence-corrected chi connectivity index (χ2v) is 8.72. The van der Waals surface area contributed by atoms with Gasteiger partial charge in [-0.3, -0.25) is 0 Å². The molecule has 2 heterocycles. The first kappa shape index (κ1) is 18.6. The predicted octanol–water partition coefficient (Wildman–Crippen LogP) is 2.73. The highest BCUT2D eigenvalue weighted by atomic mass is 32.1. The molecule has 1 atom stereocenters. The molecule has 26 heavy (non-hydrogen) atoms. The lowest BCUT2D eigenvalue weighted by molar-refractivity contribution is -0.895. The Hall–Kier alpha value is -2.18. The van der Waals surface area contributed by atoms with Crippen LogP contribution in [-0.4, -0.2) is 36.5 Å². The van der Waals surface area contributed by atoms with Gasteiger partial charge in [-0.05, 0) is 38.5 Å². The van der Waals surface area contributed by atoms with E-state index in [-0.39, 0.29) is 11.7 Å². The zero-order valence-corrected chi connectivity index (χ0v) is 16.4. The van der Waals surface area contributed by atoms with Gasteiger partial charge in [0.2, 0.25) is 0 Å². The number of carbonyl (C=O) groups excluding carboxylic acids is 1. The van der Waals surface area contributed by atoms with Crippen molar-refractivity contribution in [3.05, 3.63) is 45.8 Å². The molecule has 1 aromatic heterocycles. The number of carbonyl (C=O) groups is 1. The van der Waals surface area contributed by atoms with Gasteiger partial charge in [0.15, 0.2) is 0 Å². The van der Waals surface area contributed by atoms with Gasteiger partial charge in [-0.15, -0.1) is 11.3 Å². The van der Waals surface area contributed by atoms with Crippen LogP contribution < -0.4 is 4.90 Å². The number of phenols is 1. The molecule has 0 saturated heterocycles. The van der Waals surface area contributed by atoms with Crippen molar-refractivity contribution in [2.24, 2.45) is 4.99 Å². The first-order chi connectivity index (χ1) is 12.2. The summed E-state index contributed by atoms with van der Waals surface area (Å²) in [6.07, 6.45) is 2.45. The van der Waals surface area contributed by atoms with E-state index >= 15 is 0 Å². The van der Waals surface area contributed by atoms with E-state index in [1.165, 1.54) is 9.78 Å². The number of hydrogen-bond donors (Lipinski definition) is 2. The molecule has 5 nitrogen and oxygen atoms in total. The molecule has 2 aromatic rings. The Kier molecular flexibility index (Phi) is 5.16. The molecular weight excluding hydrogens is 348 g/mol. The van der Waals surface area contributed by atoms with Crippen LogP contribution in [0, 0.1) is 0 Å². The number of hydrogen-bond acceptors (Lipinski definition) is 5. The standard InChI is InChI=1S/C20H24N2O3S/c1-20(2,3)25-19(24)17-14-9-10-22(4)12-16(14)26-18(17)21-11-13-7-5-6-8-15(13)23/h5-8,11,23H,9-10,12H2,1-4H3/p+1/b21-11+. The zero-order valence-electron chi connectivity index (χ0n) is 15.6. The summed E-state index contributed by atoms with van der Waals surface area (Å²) in [5.41, 5.74) is 1.72. The topological polar surface area (TPSA) is 63.3 Å². The number of nitrogens with zero attached hydrogens (tertiary/aromatic N) is 1. The van der Waals surface area contributed by atoms with Crippen molar-refractivity contribution in [2.75, 3.05) is 13.6 Å². The number of phenolic OH excluding ortho intramolecular Hbond substituents is 1. The first-order valence-corrected chi connectivity index (χ1v) is 9.57. The van der Waals surface area contributed by atoms with Crippen molar-refractivity contribution >= 4 is 28.5 Å². The van der Waals surface area contributed by atoms with E-state index in [9.17, 15) is 9.90 Å². The highest BCUT2D eigenvalue weighted by Crippen LogP contribution is 2.38. The number of likely N-dealkylation sites (N-methyl/N-ethyl adjacent to an activating group) is 1. The smallest absolute Gasteiger partial charge is 0.342 e. The van der Waals surface area contributed by atoms with Crippen molar-refractivity contribution in [1.82, 2.24) is 0 Å². The lowest BCUT2D eigenvalue weighted by atomic mass is 10.0. The Bertz CT molecular complexity index is 849. The molecule has 2 N–H and O–H groups in total. The minimum Gasteiger partial charge on any atom is -0.507 e. The number of nitrogens with one attached hydrogen (secondary N) is 1. The average molecular weight is 373 g/mol. The first-order valence-electron chi connectivity index (χ1n) is 8.76. The zero-order chi connectivity index (χ0) is 18.9. The van der Waals surface area contributed by atoms with Crippen LogP contribution in [0.15, 0.2) is 29.3 Å². The monoisotopic (exact) mass is 373 g/mol. The molecule has 0 fully saturated rings. The Morgan fingerprint density at radius 3 is 2.77 bits per heavy atom. The lowest BCUT2D eigenvalue weighted by Gasteiger charge is -2.22. The summed E-state index contributed by atoms with van der Waals surface area (Å²) in [4.78, 5) is 20.0. The molecule has 0 aliphatic carbocycles. The Labute approximate surface area is 157 Å². The number of aromatic hydroxyl groups is 1. The van der Waals surface area contributed by atoms with Crippen molar-refractivity contribution in [3.8, 4) is 5.75 Å². The molecule has 0 spiro atoms. The maximum Gasteiger partial charge on any atom is 0.342 e. The number of para-hydroxylation sites is 1.